The van der Waals surface area contributed by atoms with Crippen molar-refractivity contribution >= 4 is 21.8 Å². The van der Waals surface area contributed by atoms with E-state index in [4.69, 9.17) is 0 Å². The lowest BCUT2D eigenvalue weighted by Gasteiger charge is -1.88. The molecule has 0 unspecified atom stereocenters. The molecule has 3 aromatic rings. The van der Waals surface area contributed by atoms with E-state index in [-0.39, 0.29) is 24.0 Å². The Morgan fingerprint density at radius 3 is 2.60 bits per heavy atom. The summed E-state index contributed by atoms with van der Waals surface area (Å²) in [7, 11) is 2.03. The highest BCUT2D eigenvalue weighted by Crippen LogP contribution is 2.23. The molecule has 0 bridgehead atoms. The van der Waals surface area contributed by atoms with Crippen LogP contribution in [0.25, 0.3) is 21.8 Å². The first kappa shape index (κ1) is 10.4. The zero-order chi connectivity index (χ0) is 9.54. The predicted octanol–water partition coefficient (Wildman–Crippen LogP) is -0.850. The van der Waals surface area contributed by atoms with E-state index in [1.807, 2.05) is 7.05 Å². The number of hydrogen-bond acceptors (Lipinski definition) is 0. The predicted molar refractivity (Wildman–Crippen MR) is 57.0 cm³/mol. The van der Waals surface area contributed by atoms with Crippen molar-refractivity contribution in [3.63, 3.8) is 0 Å². The van der Waals surface area contributed by atoms with Gasteiger partial charge in [0.15, 0.2) is 12.4 Å². The van der Waals surface area contributed by atoms with Crippen LogP contribution in [0, 0.1) is 0 Å². The van der Waals surface area contributed by atoms with Crippen LogP contribution in [0.2, 0.25) is 0 Å². The third-order valence-corrected chi connectivity index (χ3v) is 2.59. The number of aromatic nitrogens is 2. The van der Waals surface area contributed by atoms with Gasteiger partial charge in [-0.1, -0.05) is 18.2 Å². The highest BCUT2D eigenvalue weighted by Gasteiger charge is 2.05. The highest BCUT2D eigenvalue weighted by molar-refractivity contribution is 6.06. The molecule has 0 saturated carbocycles. The fourth-order valence-corrected chi connectivity index (χ4v) is 1.90. The number of rotatable bonds is 0. The van der Waals surface area contributed by atoms with Crippen LogP contribution < -0.4 is 28.5 Å². The van der Waals surface area contributed by atoms with E-state index in [0.29, 0.717) is 0 Å². The molecular formula is C12H11IN2. The van der Waals surface area contributed by atoms with E-state index in [2.05, 4.69) is 52.3 Å². The first-order valence-corrected chi connectivity index (χ1v) is 4.70. The lowest BCUT2D eigenvalue weighted by molar-refractivity contribution is -0.670. The number of fused-ring (bicyclic) bond motifs is 3. The number of aryl methyl sites for hydroxylation is 1. The first-order chi connectivity index (χ1) is 6.84. The van der Waals surface area contributed by atoms with Gasteiger partial charge in [-0.05, 0) is 6.07 Å². The third kappa shape index (κ3) is 1.61. The molecule has 76 valence electrons. The van der Waals surface area contributed by atoms with Crippen molar-refractivity contribution in [2.75, 3.05) is 0 Å². The molecule has 0 aliphatic heterocycles. The Morgan fingerprint density at radius 2 is 1.73 bits per heavy atom. The van der Waals surface area contributed by atoms with Gasteiger partial charge in [-0.15, -0.1) is 0 Å². The van der Waals surface area contributed by atoms with Crippen LogP contribution in [0.5, 0.6) is 0 Å². The average Bonchev–Trinajstić information content (AvgIpc) is 2.54. The molecule has 0 aliphatic rings. The fourth-order valence-electron chi connectivity index (χ4n) is 1.90. The summed E-state index contributed by atoms with van der Waals surface area (Å²) in [6, 6.07) is 10.5. The Kier molecular flexibility index (Phi) is 2.65. The molecular weight excluding hydrogens is 299 g/mol. The standard InChI is InChI=1S/C12H10N2.HI/c1-14-7-6-10-9-4-2-3-5-11(9)13-12(10)8-14;/h2-8H,1H3;1H. The molecule has 0 fully saturated rings. The summed E-state index contributed by atoms with van der Waals surface area (Å²) < 4.78 is 2.05. The van der Waals surface area contributed by atoms with E-state index < -0.39 is 0 Å². The largest absolute Gasteiger partial charge is 1.00 e. The van der Waals surface area contributed by atoms with E-state index in [1.54, 1.807) is 0 Å². The zero-order valence-corrected chi connectivity index (χ0v) is 10.5. The van der Waals surface area contributed by atoms with Crippen LogP contribution in [0.15, 0.2) is 42.7 Å². The number of para-hydroxylation sites is 1. The van der Waals surface area contributed by atoms with E-state index >= 15 is 0 Å². The van der Waals surface area contributed by atoms with Crippen molar-refractivity contribution in [2.24, 2.45) is 7.05 Å². The normalized spacial score (nSPS) is 10.5. The van der Waals surface area contributed by atoms with Crippen LogP contribution in [0.4, 0.5) is 0 Å². The molecule has 0 saturated heterocycles. The molecule has 3 heteroatoms. The van der Waals surface area contributed by atoms with E-state index in [1.165, 1.54) is 21.8 Å². The van der Waals surface area contributed by atoms with E-state index in [0.717, 1.165) is 0 Å². The van der Waals surface area contributed by atoms with Gasteiger partial charge in [0.1, 0.15) is 12.6 Å². The number of nitrogens with zero attached hydrogens (tertiary/aromatic N) is 1. The summed E-state index contributed by atoms with van der Waals surface area (Å²) in [6.07, 6.45) is 4.18. The summed E-state index contributed by atoms with van der Waals surface area (Å²) >= 11 is 0. The fraction of sp³-hybridized carbons (Fsp3) is 0.0833. The van der Waals surface area contributed by atoms with Crippen molar-refractivity contribution in [3.8, 4) is 0 Å². The maximum Gasteiger partial charge on any atom is 0.192 e. The first-order valence-electron chi connectivity index (χ1n) is 4.70. The van der Waals surface area contributed by atoms with Crippen LogP contribution in [0.3, 0.4) is 0 Å². The number of benzene rings is 1. The molecule has 0 radical (unpaired) electrons. The van der Waals surface area contributed by atoms with Crippen molar-refractivity contribution in [3.05, 3.63) is 42.7 Å². The maximum absolute atomic E-state index is 3.40. The van der Waals surface area contributed by atoms with Gasteiger partial charge < -0.3 is 29.0 Å². The number of H-pyrrole nitrogens is 1. The van der Waals surface area contributed by atoms with Crippen LogP contribution >= 0.6 is 0 Å². The summed E-state index contributed by atoms with van der Waals surface area (Å²) in [6.45, 7) is 0. The molecule has 3 rings (SSSR count). The molecule has 2 aromatic heterocycles. The Hall–Kier alpha value is -1.10. The van der Waals surface area contributed by atoms with Gasteiger partial charge in [-0.3, -0.25) is 0 Å². The minimum absolute atomic E-state index is 0. The molecule has 0 spiro atoms. The lowest BCUT2D eigenvalue weighted by atomic mass is 10.2. The number of nitrogens with one attached hydrogen (secondary N) is 1. The quantitative estimate of drug-likeness (QED) is 0.412. The van der Waals surface area contributed by atoms with Crippen LogP contribution in [-0.2, 0) is 7.05 Å². The van der Waals surface area contributed by atoms with Gasteiger partial charge in [-0.2, -0.15) is 0 Å². The number of hydrogen-bond donors (Lipinski definition) is 1. The Morgan fingerprint density at radius 1 is 1.00 bits per heavy atom. The second-order valence-corrected chi connectivity index (χ2v) is 3.61. The van der Waals surface area contributed by atoms with Gasteiger partial charge in [0.05, 0.1) is 0 Å². The highest BCUT2D eigenvalue weighted by atomic mass is 127. The molecule has 0 atom stereocenters. The zero-order valence-electron chi connectivity index (χ0n) is 8.37. The maximum atomic E-state index is 3.40. The van der Waals surface area contributed by atoms with Crippen molar-refractivity contribution in [1.29, 1.82) is 0 Å². The third-order valence-electron chi connectivity index (χ3n) is 2.59. The molecule has 2 heterocycles. The second-order valence-electron chi connectivity index (χ2n) is 3.61. The van der Waals surface area contributed by atoms with Crippen molar-refractivity contribution < 1.29 is 28.5 Å². The average molecular weight is 310 g/mol. The Bertz CT molecular complexity index is 613. The number of halogens is 1. The molecule has 15 heavy (non-hydrogen) atoms. The smallest absolute Gasteiger partial charge is 0.192 e. The molecule has 0 amide bonds. The van der Waals surface area contributed by atoms with Crippen molar-refractivity contribution in [2.45, 2.75) is 0 Å². The minimum atomic E-state index is 0. The topological polar surface area (TPSA) is 19.7 Å². The Labute approximate surface area is 105 Å². The van der Waals surface area contributed by atoms with Crippen LogP contribution in [0.1, 0.15) is 0 Å². The van der Waals surface area contributed by atoms with E-state index in [9.17, 15) is 0 Å². The molecule has 1 aromatic carbocycles. The Balaban J connectivity index is 0.000000853. The molecule has 1 N–H and O–H groups in total. The van der Waals surface area contributed by atoms with Gasteiger partial charge in [0, 0.05) is 22.4 Å². The van der Waals surface area contributed by atoms with Gasteiger partial charge >= 0.3 is 0 Å². The summed E-state index contributed by atoms with van der Waals surface area (Å²) in [4.78, 5) is 3.40. The van der Waals surface area contributed by atoms with Crippen LogP contribution in [-0.4, -0.2) is 4.98 Å². The van der Waals surface area contributed by atoms with Gasteiger partial charge in [-0.25, -0.2) is 4.57 Å². The lowest BCUT2D eigenvalue weighted by Crippen LogP contribution is -3.00. The van der Waals surface area contributed by atoms with Gasteiger partial charge in [0.2, 0.25) is 0 Å². The van der Waals surface area contributed by atoms with Gasteiger partial charge in [0.25, 0.3) is 0 Å². The molecule has 0 aliphatic carbocycles. The second kappa shape index (κ2) is 3.81. The summed E-state index contributed by atoms with van der Waals surface area (Å²) in [5, 5.41) is 2.58. The molecule has 2 nitrogen and oxygen atoms in total. The number of pyridine rings is 1. The summed E-state index contributed by atoms with van der Waals surface area (Å²) in [5.74, 6) is 0. The number of aromatic amines is 1. The minimum Gasteiger partial charge on any atom is -1.00 e. The monoisotopic (exact) mass is 310 g/mol. The van der Waals surface area contributed by atoms with Crippen molar-refractivity contribution in [1.82, 2.24) is 4.98 Å². The SMILES string of the molecule is C[n+]1ccc2c(c1)[nH]c1ccccc12.[I-]. The summed E-state index contributed by atoms with van der Waals surface area (Å²) in [5.41, 5.74) is 2.39.